The van der Waals surface area contributed by atoms with E-state index in [2.05, 4.69) is 19.1 Å². The third kappa shape index (κ3) is 1.72. The maximum atomic E-state index is 12.4. The maximum absolute atomic E-state index is 12.4. The summed E-state index contributed by atoms with van der Waals surface area (Å²) >= 11 is 0. The van der Waals surface area contributed by atoms with Crippen LogP contribution in [0.25, 0.3) is 17.0 Å². The molecule has 4 bridgehead atoms. The number of aryl methyl sites for hydroxylation is 1. The van der Waals surface area contributed by atoms with E-state index in [0.29, 0.717) is 18.1 Å². The molecule has 1 aromatic carbocycles. The van der Waals surface area contributed by atoms with Crippen molar-refractivity contribution in [3.8, 4) is 0 Å². The molecule has 120 valence electrons. The van der Waals surface area contributed by atoms with Gasteiger partial charge in [0.15, 0.2) is 0 Å². The lowest BCUT2D eigenvalue weighted by Crippen LogP contribution is -2.32. The molecule has 3 aliphatic carbocycles. The van der Waals surface area contributed by atoms with E-state index >= 15 is 0 Å². The molecule has 5 rings (SSSR count). The molecule has 0 amide bonds. The second kappa shape index (κ2) is 4.47. The smallest absolute Gasteiger partial charge is 0.139 e. The lowest BCUT2D eigenvalue weighted by Gasteiger charge is -2.36. The van der Waals surface area contributed by atoms with Crippen molar-refractivity contribution in [2.24, 2.45) is 5.41 Å². The van der Waals surface area contributed by atoms with E-state index in [1.807, 2.05) is 0 Å². The summed E-state index contributed by atoms with van der Waals surface area (Å²) in [6, 6.07) is 2.19. The molecule has 1 N–H and O–H groups in total. The van der Waals surface area contributed by atoms with Crippen LogP contribution in [0.1, 0.15) is 61.6 Å². The van der Waals surface area contributed by atoms with E-state index in [1.165, 1.54) is 22.1 Å². The van der Waals surface area contributed by atoms with E-state index in [1.54, 1.807) is 0 Å². The van der Waals surface area contributed by atoms with Crippen molar-refractivity contribution in [1.29, 1.82) is 0 Å². The fourth-order valence-electron chi connectivity index (χ4n) is 5.27. The first-order valence-electron chi connectivity index (χ1n) is 8.86. The number of fused-ring (bicyclic) bond motifs is 3. The van der Waals surface area contributed by atoms with Crippen molar-refractivity contribution in [1.82, 2.24) is 0 Å². The van der Waals surface area contributed by atoms with E-state index in [4.69, 9.17) is 4.42 Å². The number of hydrogen-bond donors (Lipinski definition) is 1. The van der Waals surface area contributed by atoms with Gasteiger partial charge in [-0.25, -0.2) is 0 Å². The Kier molecular flexibility index (Phi) is 2.68. The number of furan rings is 1. The zero-order valence-corrected chi connectivity index (χ0v) is 13.5. The molecule has 0 radical (unpaired) electrons. The predicted octanol–water partition coefficient (Wildman–Crippen LogP) is 3.03. The highest BCUT2D eigenvalue weighted by molar-refractivity contribution is 5.90. The van der Waals surface area contributed by atoms with Gasteiger partial charge < -0.3 is 9.52 Å². The van der Waals surface area contributed by atoms with Crippen molar-refractivity contribution in [3.05, 3.63) is 28.2 Å². The summed E-state index contributed by atoms with van der Waals surface area (Å²) < 4.78 is 6.13. The number of benzene rings is 1. The summed E-state index contributed by atoms with van der Waals surface area (Å²) in [6.45, 7) is 2.16. The Bertz CT molecular complexity index is 875. The summed E-state index contributed by atoms with van der Waals surface area (Å²) in [5.41, 5.74) is 5.67. The zero-order valence-electron chi connectivity index (χ0n) is 13.5. The SMILES string of the molecule is CC12CCc3c(cc4oc5c3c4C[C@@H](O)CCC=5)C1CCC2=O. The van der Waals surface area contributed by atoms with Crippen LogP contribution in [0.3, 0.4) is 0 Å². The second-order valence-corrected chi connectivity index (χ2v) is 7.83. The van der Waals surface area contributed by atoms with Crippen LogP contribution in [-0.2, 0) is 17.6 Å². The number of Topliss-reactive ketones (excluding diaryl/α,β-unsaturated/α-hetero) is 1. The highest BCUT2D eigenvalue weighted by Gasteiger charge is 2.49. The first-order chi connectivity index (χ1) is 11.1. The average molecular weight is 310 g/mol. The topological polar surface area (TPSA) is 50.4 Å². The summed E-state index contributed by atoms with van der Waals surface area (Å²) in [7, 11) is 0. The average Bonchev–Trinajstić information content (AvgIpc) is 2.95. The van der Waals surface area contributed by atoms with E-state index in [0.717, 1.165) is 49.5 Å². The van der Waals surface area contributed by atoms with Gasteiger partial charge in [-0.05, 0) is 61.3 Å². The minimum Gasteiger partial charge on any atom is -0.457 e. The lowest BCUT2D eigenvalue weighted by molar-refractivity contribution is -0.126. The van der Waals surface area contributed by atoms with Gasteiger partial charge in [0, 0.05) is 29.2 Å². The van der Waals surface area contributed by atoms with Crippen molar-refractivity contribution in [2.75, 3.05) is 0 Å². The molecule has 3 heteroatoms. The van der Waals surface area contributed by atoms with E-state index < -0.39 is 0 Å². The highest BCUT2D eigenvalue weighted by atomic mass is 16.3. The fraction of sp³-hybridized carbons (Fsp3) is 0.550. The third-order valence-corrected chi connectivity index (χ3v) is 6.61. The van der Waals surface area contributed by atoms with Gasteiger partial charge in [0.05, 0.1) is 6.10 Å². The number of hydrogen-bond acceptors (Lipinski definition) is 3. The molecular formula is C20H22O3. The fourth-order valence-corrected chi connectivity index (χ4v) is 5.27. The maximum Gasteiger partial charge on any atom is 0.139 e. The minimum absolute atomic E-state index is 0.173. The largest absolute Gasteiger partial charge is 0.457 e. The summed E-state index contributed by atoms with van der Waals surface area (Å²) in [5, 5.41) is 11.5. The molecule has 1 fully saturated rings. The van der Waals surface area contributed by atoms with Crippen molar-refractivity contribution in [2.45, 2.75) is 63.9 Å². The summed E-state index contributed by atoms with van der Waals surface area (Å²) in [5.74, 6) is 0.786. The van der Waals surface area contributed by atoms with Gasteiger partial charge in [0.1, 0.15) is 16.8 Å². The molecule has 3 atom stereocenters. The van der Waals surface area contributed by atoms with Gasteiger partial charge in [-0.2, -0.15) is 0 Å². The second-order valence-electron chi connectivity index (χ2n) is 7.83. The Morgan fingerprint density at radius 1 is 1.26 bits per heavy atom. The molecular weight excluding hydrogens is 288 g/mol. The first kappa shape index (κ1) is 13.8. The van der Waals surface area contributed by atoms with Gasteiger partial charge >= 0.3 is 0 Å². The summed E-state index contributed by atoms with van der Waals surface area (Å²) in [6.07, 6.45) is 7.81. The van der Waals surface area contributed by atoms with Gasteiger partial charge in [0.25, 0.3) is 0 Å². The normalized spacial score (nSPS) is 33.0. The van der Waals surface area contributed by atoms with Crippen LogP contribution in [-0.4, -0.2) is 17.0 Å². The molecule has 0 spiro atoms. The van der Waals surface area contributed by atoms with Crippen LogP contribution in [0.4, 0.5) is 0 Å². The Hall–Kier alpha value is -1.61. The van der Waals surface area contributed by atoms with Gasteiger partial charge in [-0.3, -0.25) is 4.79 Å². The molecule has 2 unspecified atom stereocenters. The van der Waals surface area contributed by atoms with Crippen molar-refractivity contribution < 1.29 is 14.3 Å². The van der Waals surface area contributed by atoms with E-state index in [9.17, 15) is 9.90 Å². The molecule has 3 aliphatic rings. The van der Waals surface area contributed by atoms with Crippen LogP contribution in [0.5, 0.6) is 0 Å². The van der Waals surface area contributed by atoms with Crippen LogP contribution in [0.2, 0.25) is 0 Å². The number of aliphatic hydroxyl groups is 1. The van der Waals surface area contributed by atoms with Crippen LogP contribution >= 0.6 is 0 Å². The number of aliphatic hydroxyl groups excluding tert-OH is 1. The predicted molar refractivity (Wildman–Crippen MR) is 88.3 cm³/mol. The first-order valence-corrected chi connectivity index (χ1v) is 8.86. The molecule has 1 aromatic heterocycles. The molecule has 0 saturated heterocycles. The monoisotopic (exact) mass is 310 g/mol. The van der Waals surface area contributed by atoms with Gasteiger partial charge in [-0.15, -0.1) is 0 Å². The lowest BCUT2D eigenvalue weighted by atomic mass is 9.65. The van der Waals surface area contributed by atoms with Crippen molar-refractivity contribution >= 4 is 22.8 Å². The van der Waals surface area contributed by atoms with E-state index in [-0.39, 0.29) is 11.5 Å². The standard InChI is InChI=1S/C20H22O3/c1-20-8-7-12-13(15(20)5-6-18(20)22)10-17-14-9-11(21)3-2-4-16(23-17)19(12)14/h4,10-11,15,21H,2-3,5-9H2,1H3/t11-,15?,20?/m0/s1. The molecule has 23 heavy (non-hydrogen) atoms. The third-order valence-electron chi connectivity index (χ3n) is 6.61. The quantitative estimate of drug-likeness (QED) is 0.814. The van der Waals surface area contributed by atoms with Gasteiger partial charge in [0.2, 0.25) is 0 Å². The Balaban J connectivity index is 1.78. The molecule has 0 aliphatic heterocycles. The Morgan fingerprint density at radius 3 is 3.00 bits per heavy atom. The minimum atomic E-state index is -0.285. The van der Waals surface area contributed by atoms with Crippen LogP contribution < -0.4 is 5.42 Å². The molecule has 1 saturated carbocycles. The molecule has 2 aromatic rings. The van der Waals surface area contributed by atoms with Crippen LogP contribution in [0.15, 0.2) is 10.5 Å². The Morgan fingerprint density at radius 2 is 2.13 bits per heavy atom. The molecule has 1 heterocycles. The number of ketones is 1. The number of carbonyl (C=O) groups is 1. The number of rotatable bonds is 0. The summed E-state index contributed by atoms with van der Waals surface area (Å²) in [4.78, 5) is 12.4. The van der Waals surface area contributed by atoms with Gasteiger partial charge in [-0.1, -0.05) is 6.92 Å². The van der Waals surface area contributed by atoms with Crippen LogP contribution in [0, 0.1) is 5.41 Å². The highest BCUT2D eigenvalue weighted by Crippen LogP contribution is 2.54. The molecule has 3 nitrogen and oxygen atoms in total. The zero-order chi connectivity index (χ0) is 15.8. The Labute approximate surface area is 135 Å². The van der Waals surface area contributed by atoms with Crippen molar-refractivity contribution in [3.63, 3.8) is 0 Å². The number of carbonyl (C=O) groups excluding carboxylic acids is 1.